The molecule has 1 N–H and O–H groups in total. The predicted octanol–water partition coefficient (Wildman–Crippen LogP) is 4.42. The van der Waals surface area contributed by atoms with E-state index < -0.39 is 21.8 Å². The Morgan fingerprint density at radius 2 is 1.64 bits per heavy atom. The smallest absolute Gasteiger partial charge is 0.280 e. The zero-order valence-corrected chi connectivity index (χ0v) is 14.3. The number of halogens is 4. The lowest BCUT2D eigenvalue weighted by Crippen LogP contribution is -2.14. The van der Waals surface area contributed by atoms with Gasteiger partial charge in [-0.3, -0.25) is 4.72 Å². The first kappa shape index (κ1) is 17.1. The van der Waals surface area contributed by atoms with Gasteiger partial charge >= 0.3 is 6.18 Å². The quantitative estimate of drug-likeness (QED) is 0.718. The number of alkyl halides is 3. The number of hydrogen-bond donors (Lipinski definition) is 1. The third-order valence-electron chi connectivity index (χ3n) is 2.86. The molecule has 8 heteroatoms. The summed E-state index contributed by atoms with van der Waals surface area (Å²) in [6.07, 6.45) is -4.54. The highest BCUT2D eigenvalue weighted by molar-refractivity contribution is 14.1. The summed E-state index contributed by atoms with van der Waals surface area (Å²) in [4.78, 5) is -0.00907. The molecule has 22 heavy (non-hydrogen) atoms. The Labute approximate surface area is 139 Å². The van der Waals surface area contributed by atoms with Gasteiger partial charge in [0, 0.05) is 9.26 Å². The minimum Gasteiger partial charge on any atom is -0.280 e. The van der Waals surface area contributed by atoms with E-state index in [1.807, 2.05) is 0 Å². The second kappa shape index (κ2) is 6.07. The van der Waals surface area contributed by atoms with Gasteiger partial charge in [0.05, 0.1) is 10.5 Å². The van der Waals surface area contributed by atoms with Crippen LogP contribution in [0.15, 0.2) is 47.4 Å². The fourth-order valence-corrected chi connectivity index (χ4v) is 3.43. The molecule has 0 radical (unpaired) electrons. The molecule has 0 saturated heterocycles. The first-order chi connectivity index (χ1) is 10.1. The van der Waals surface area contributed by atoms with E-state index in [1.54, 1.807) is 41.6 Å². The van der Waals surface area contributed by atoms with E-state index in [4.69, 9.17) is 0 Å². The van der Waals surface area contributed by atoms with Gasteiger partial charge in [-0.05, 0) is 59.8 Å². The molecule has 0 aromatic heterocycles. The van der Waals surface area contributed by atoms with Gasteiger partial charge in [0.25, 0.3) is 10.0 Å². The molecule has 3 nitrogen and oxygen atoms in total. The van der Waals surface area contributed by atoms with Crippen LogP contribution >= 0.6 is 22.6 Å². The van der Waals surface area contributed by atoms with Crippen LogP contribution in [0.25, 0.3) is 0 Å². The van der Waals surface area contributed by atoms with Crippen molar-refractivity contribution in [1.29, 1.82) is 0 Å². The Hall–Kier alpha value is -1.29. The van der Waals surface area contributed by atoms with E-state index in [9.17, 15) is 21.6 Å². The van der Waals surface area contributed by atoms with Crippen LogP contribution in [0, 0.1) is 10.5 Å². The molecule has 0 aliphatic carbocycles. The minimum atomic E-state index is -4.54. The lowest BCUT2D eigenvalue weighted by Gasteiger charge is -2.13. The third-order valence-corrected chi connectivity index (χ3v) is 5.19. The molecule has 118 valence electrons. The topological polar surface area (TPSA) is 46.2 Å². The van der Waals surface area contributed by atoms with Crippen LogP contribution in [-0.2, 0) is 16.2 Å². The van der Waals surface area contributed by atoms with Crippen molar-refractivity contribution < 1.29 is 21.6 Å². The standard InChI is InChI=1S/C14H11F3INO2S/c1-9-2-5-11(6-3-9)22(20,21)19-10-4-7-13(18)12(8-10)14(15,16)17/h2-8,19H,1H3. The summed E-state index contributed by atoms with van der Waals surface area (Å²) in [7, 11) is -3.92. The van der Waals surface area contributed by atoms with E-state index in [-0.39, 0.29) is 14.2 Å². The van der Waals surface area contributed by atoms with Gasteiger partial charge in [-0.1, -0.05) is 17.7 Å². The minimum absolute atomic E-state index is 0.00313. The largest absolute Gasteiger partial charge is 0.417 e. The van der Waals surface area contributed by atoms with E-state index >= 15 is 0 Å². The lowest BCUT2D eigenvalue weighted by molar-refractivity contribution is -0.138. The second-order valence-corrected chi connectivity index (χ2v) is 7.46. The van der Waals surface area contributed by atoms with Crippen molar-refractivity contribution in [2.24, 2.45) is 0 Å². The Bertz CT molecular complexity index is 787. The SMILES string of the molecule is Cc1ccc(S(=O)(=O)Nc2ccc(I)c(C(F)(F)F)c2)cc1. The molecular formula is C14H11F3INO2S. The van der Waals surface area contributed by atoms with Gasteiger partial charge in [0.2, 0.25) is 0 Å². The molecule has 0 unspecified atom stereocenters. The summed E-state index contributed by atoms with van der Waals surface area (Å²) < 4.78 is 65.0. The molecule has 0 spiro atoms. The van der Waals surface area contributed by atoms with E-state index in [1.165, 1.54) is 24.3 Å². The van der Waals surface area contributed by atoms with Gasteiger partial charge in [0.15, 0.2) is 0 Å². The zero-order valence-electron chi connectivity index (χ0n) is 11.3. The lowest BCUT2D eigenvalue weighted by atomic mass is 10.2. The highest BCUT2D eigenvalue weighted by atomic mass is 127. The van der Waals surface area contributed by atoms with Crippen LogP contribution in [0.5, 0.6) is 0 Å². The van der Waals surface area contributed by atoms with E-state index in [0.29, 0.717) is 0 Å². The monoisotopic (exact) mass is 441 g/mol. The number of anilines is 1. The molecule has 2 rings (SSSR count). The summed E-state index contributed by atoms with van der Waals surface area (Å²) >= 11 is 1.56. The molecule has 0 fully saturated rings. The first-order valence-electron chi connectivity index (χ1n) is 6.06. The van der Waals surface area contributed by atoms with Crippen molar-refractivity contribution >= 4 is 38.3 Å². The fraction of sp³-hybridized carbons (Fsp3) is 0.143. The van der Waals surface area contributed by atoms with E-state index in [2.05, 4.69) is 4.72 Å². The normalized spacial score (nSPS) is 12.2. The number of rotatable bonds is 3. The van der Waals surface area contributed by atoms with Crippen molar-refractivity contribution in [3.05, 3.63) is 57.2 Å². The predicted molar refractivity (Wildman–Crippen MR) is 86.1 cm³/mol. The summed E-state index contributed by atoms with van der Waals surface area (Å²) in [6, 6.07) is 9.32. The van der Waals surface area contributed by atoms with Gasteiger partial charge < -0.3 is 0 Å². The summed E-state index contributed by atoms with van der Waals surface area (Å²) in [5.41, 5.74) is -0.127. The molecule has 0 aliphatic heterocycles. The Morgan fingerprint density at radius 1 is 1.05 bits per heavy atom. The van der Waals surface area contributed by atoms with Crippen LogP contribution in [0.4, 0.5) is 18.9 Å². The fourth-order valence-electron chi connectivity index (χ4n) is 1.74. The van der Waals surface area contributed by atoms with Crippen LogP contribution in [-0.4, -0.2) is 8.42 Å². The molecule has 0 atom stereocenters. The van der Waals surface area contributed by atoms with Crippen LogP contribution < -0.4 is 4.72 Å². The summed E-state index contributed by atoms with van der Waals surface area (Å²) in [6.45, 7) is 1.80. The third kappa shape index (κ3) is 3.92. The Kier molecular flexibility index (Phi) is 4.71. The highest BCUT2D eigenvalue weighted by Crippen LogP contribution is 2.34. The maximum atomic E-state index is 12.8. The molecule has 0 amide bonds. The van der Waals surface area contributed by atoms with E-state index in [0.717, 1.165) is 11.6 Å². The maximum absolute atomic E-state index is 12.8. The van der Waals surface area contributed by atoms with Crippen LogP contribution in [0.1, 0.15) is 11.1 Å². The van der Waals surface area contributed by atoms with Gasteiger partial charge in [-0.2, -0.15) is 13.2 Å². The molecule has 2 aromatic carbocycles. The number of benzene rings is 2. The van der Waals surface area contributed by atoms with Crippen molar-refractivity contribution in [2.45, 2.75) is 18.0 Å². The molecule has 0 heterocycles. The summed E-state index contributed by atoms with van der Waals surface area (Å²) in [5.74, 6) is 0. The first-order valence-corrected chi connectivity index (χ1v) is 8.62. The molecule has 0 aliphatic rings. The number of nitrogens with one attached hydrogen (secondary N) is 1. The summed E-state index contributed by atoms with van der Waals surface area (Å²) in [5, 5.41) is 0. The number of aryl methyl sites for hydroxylation is 1. The Morgan fingerprint density at radius 3 is 2.18 bits per heavy atom. The van der Waals surface area contributed by atoms with Crippen molar-refractivity contribution in [1.82, 2.24) is 0 Å². The van der Waals surface area contributed by atoms with Crippen molar-refractivity contribution in [2.75, 3.05) is 4.72 Å². The highest BCUT2D eigenvalue weighted by Gasteiger charge is 2.33. The van der Waals surface area contributed by atoms with Crippen LogP contribution in [0.3, 0.4) is 0 Å². The molecule has 2 aromatic rings. The molecular weight excluding hydrogens is 430 g/mol. The number of hydrogen-bond acceptors (Lipinski definition) is 2. The van der Waals surface area contributed by atoms with Gasteiger partial charge in [-0.25, -0.2) is 8.42 Å². The van der Waals surface area contributed by atoms with Crippen molar-refractivity contribution in [3.63, 3.8) is 0 Å². The second-order valence-electron chi connectivity index (χ2n) is 4.61. The van der Waals surface area contributed by atoms with Gasteiger partial charge in [-0.15, -0.1) is 0 Å². The van der Waals surface area contributed by atoms with Crippen molar-refractivity contribution in [3.8, 4) is 0 Å². The molecule has 0 bridgehead atoms. The zero-order chi connectivity index (χ0) is 16.5. The maximum Gasteiger partial charge on any atom is 0.417 e. The average molecular weight is 441 g/mol. The van der Waals surface area contributed by atoms with Crippen LogP contribution in [0.2, 0.25) is 0 Å². The Balaban J connectivity index is 2.36. The average Bonchev–Trinajstić information content (AvgIpc) is 2.40. The van der Waals surface area contributed by atoms with Gasteiger partial charge in [0.1, 0.15) is 0 Å². The molecule has 0 saturated carbocycles. The number of sulfonamides is 1.